The van der Waals surface area contributed by atoms with Crippen LogP contribution < -0.4 is 0 Å². The molecule has 1 fully saturated rings. The maximum atomic E-state index is 11.4. The van der Waals surface area contributed by atoms with E-state index in [9.17, 15) is 4.79 Å². The van der Waals surface area contributed by atoms with E-state index in [1.807, 2.05) is 0 Å². The number of carbonyl (C=O) groups is 1. The summed E-state index contributed by atoms with van der Waals surface area (Å²) in [7, 11) is 0.540. The summed E-state index contributed by atoms with van der Waals surface area (Å²) < 4.78 is 4.93. The van der Waals surface area contributed by atoms with Gasteiger partial charge in [-0.2, -0.15) is 0 Å². The average Bonchev–Trinajstić information content (AvgIpc) is 2.48. The molecule has 0 aromatic carbocycles. The Hall–Kier alpha value is -0.313. The summed E-state index contributed by atoms with van der Waals surface area (Å²) in [4.78, 5) is 11.4. The maximum absolute atomic E-state index is 11.4. The normalized spacial score (nSPS) is 17.3. The molecule has 3 heteroatoms. The van der Waals surface area contributed by atoms with Gasteiger partial charge in [-0.3, -0.25) is 4.79 Å². The number of rotatable bonds is 9. The predicted octanol–water partition coefficient (Wildman–Crippen LogP) is 4.15. The van der Waals surface area contributed by atoms with Crippen LogP contribution in [0.5, 0.6) is 0 Å². The molecule has 0 bridgehead atoms. The van der Waals surface area contributed by atoms with Gasteiger partial charge in [0.25, 0.3) is 5.97 Å². The van der Waals surface area contributed by atoms with Gasteiger partial charge in [-0.05, 0) is 49.9 Å². The van der Waals surface area contributed by atoms with Crippen LogP contribution in [0.1, 0.15) is 90.9 Å². The van der Waals surface area contributed by atoms with E-state index in [0.717, 1.165) is 12.3 Å². The second-order valence-corrected chi connectivity index (χ2v) is 7.04. The molecule has 0 atom stereocenters. The van der Waals surface area contributed by atoms with Gasteiger partial charge in [0.2, 0.25) is 10.5 Å². The number of hydrogen-bond acceptors (Lipinski definition) is 2. The van der Waals surface area contributed by atoms with Crippen molar-refractivity contribution in [1.82, 2.24) is 0 Å². The van der Waals surface area contributed by atoms with E-state index in [1.54, 1.807) is 0 Å². The molecule has 2 nitrogen and oxygen atoms in total. The molecule has 0 aromatic rings. The summed E-state index contributed by atoms with van der Waals surface area (Å²) in [5, 5.41) is 0. The van der Waals surface area contributed by atoms with Gasteiger partial charge < -0.3 is 4.43 Å². The molecule has 1 aliphatic rings. The fourth-order valence-corrected chi connectivity index (χ4v) is 4.59. The van der Waals surface area contributed by atoms with E-state index in [2.05, 4.69) is 13.8 Å². The SMILES string of the molecule is CCCC(CCC)(CCCC(=O)O[SiH3])C1CCCCC1. The molecule has 0 N–H and O–H groups in total. The summed E-state index contributed by atoms with van der Waals surface area (Å²) >= 11 is 0. The van der Waals surface area contributed by atoms with Crippen LogP contribution in [0.2, 0.25) is 0 Å². The zero-order valence-corrected chi connectivity index (χ0v) is 15.9. The molecule has 1 saturated carbocycles. The van der Waals surface area contributed by atoms with Crippen molar-refractivity contribution >= 4 is 16.5 Å². The van der Waals surface area contributed by atoms with E-state index in [4.69, 9.17) is 4.43 Å². The molecule has 0 unspecified atom stereocenters. The van der Waals surface area contributed by atoms with Crippen molar-refractivity contribution in [3.63, 3.8) is 0 Å². The first-order valence-electron chi connectivity index (χ1n) is 8.75. The molecule has 0 spiro atoms. The van der Waals surface area contributed by atoms with Crippen LogP contribution in [0.3, 0.4) is 0 Å². The Kier molecular flexibility index (Phi) is 8.51. The first-order chi connectivity index (χ1) is 9.68. The maximum Gasteiger partial charge on any atom is 0.291 e. The lowest BCUT2D eigenvalue weighted by atomic mass is 9.62. The summed E-state index contributed by atoms with van der Waals surface area (Å²) in [6.45, 7) is 4.64. The van der Waals surface area contributed by atoms with E-state index >= 15 is 0 Å². The van der Waals surface area contributed by atoms with Crippen molar-refractivity contribution in [3.05, 3.63) is 0 Å². The minimum Gasteiger partial charge on any atom is -0.529 e. The van der Waals surface area contributed by atoms with Crippen molar-refractivity contribution in [2.24, 2.45) is 11.3 Å². The highest BCUT2D eigenvalue weighted by atomic mass is 28.2. The molecule has 1 aliphatic carbocycles. The quantitative estimate of drug-likeness (QED) is 0.598. The van der Waals surface area contributed by atoms with Crippen LogP contribution in [-0.4, -0.2) is 16.5 Å². The second kappa shape index (κ2) is 9.59. The Morgan fingerprint density at radius 2 is 1.70 bits per heavy atom. The third kappa shape index (κ3) is 5.23. The minimum absolute atomic E-state index is 0.0159. The van der Waals surface area contributed by atoms with Crippen LogP contribution >= 0.6 is 0 Å². The van der Waals surface area contributed by atoms with Gasteiger partial charge in [-0.1, -0.05) is 46.0 Å². The molecule has 0 heterocycles. The highest BCUT2D eigenvalue weighted by Gasteiger charge is 2.37. The predicted molar refractivity (Wildman–Crippen MR) is 88.7 cm³/mol. The topological polar surface area (TPSA) is 26.3 Å². The van der Waals surface area contributed by atoms with Gasteiger partial charge in [0.15, 0.2) is 0 Å². The molecule has 118 valence electrons. The fourth-order valence-electron chi connectivity index (χ4n) is 4.38. The molecule has 0 aromatic heterocycles. The lowest BCUT2D eigenvalue weighted by Gasteiger charge is -2.43. The number of carbonyl (C=O) groups excluding carboxylic acids is 1. The van der Waals surface area contributed by atoms with Crippen molar-refractivity contribution < 1.29 is 9.22 Å². The summed E-state index contributed by atoms with van der Waals surface area (Å²) in [5.41, 5.74) is 0.509. The van der Waals surface area contributed by atoms with Gasteiger partial charge in [0, 0.05) is 6.42 Å². The Balaban J connectivity index is 2.66. The Labute approximate surface area is 128 Å². The van der Waals surface area contributed by atoms with Crippen molar-refractivity contribution in [2.45, 2.75) is 90.9 Å². The summed E-state index contributed by atoms with van der Waals surface area (Å²) in [5.74, 6) is 0.922. The van der Waals surface area contributed by atoms with Crippen LogP contribution in [0.4, 0.5) is 0 Å². The smallest absolute Gasteiger partial charge is 0.291 e. The first kappa shape index (κ1) is 17.7. The average molecular weight is 299 g/mol. The largest absolute Gasteiger partial charge is 0.529 e. The van der Waals surface area contributed by atoms with Gasteiger partial charge >= 0.3 is 0 Å². The molecular formula is C17H34O2Si. The van der Waals surface area contributed by atoms with Crippen molar-refractivity contribution in [3.8, 4) is 0 Å². The molecule has 0 saturated heterocycles. The molecule has 20 heavy (non-hydrogen) atoms. The molecule has 0 aliphatic heterocycles. The van der Waals surface area contributed by atoms with Crippen LogP contribution in [-0.2, 0) is 9.22 Å². The van der Waals surface area contributed by atoms with Gasteiger partial charge in [-0.25, -0.2) is 0 Å². The highest BCUT2D eigenvalue weighted by molar-refractivity contribution is 6.05. The standard InChI is InChI=1S/C17H34O2Si/c1-3-12-17(13-4-2,14-8-11-16(18)19-20)15-9-6-5-7-10-15/h15H,3-14H2,1-2,20H3. The third-order valence-corrected chi connectivity index (χ3v) is 5.71. The molecule has 1 rings (SSSR count). The highest BCUT2D eigenvalue weighted by Crippen LogP contribution is 2.48. The molecule has 0 amide bonds. The van der Waals surface area contributed by atoms with E-state index < -0.39 is 0 Å². The number of hydrogen-bond donors (Lipinski definition) is 0. The molecule has 0 radical (unpaired) electrons. The van der Waals surface area contributed by atoms with E-state index in [0.29, 0.717) is 22.3 Å². The van der Waals surface area contributed by atoms with Crippen molar-refractivity contribution in [2.75, 3.05) is 0 Å². The Morgan fingerprint density at radius 1 is 1.10 bits per heavy atom. The van der Waals surface area contributed by atoms with E-state index in [-0.39, 0.29) is 5.97 Å². The van der Waals surface area contributed by atoms with Crippen LogP contribution in [0.25, 0.3) is 0 Å². The third-order valence-electron chi connectivity index (χ3n) is 5.25. The first-order valence-corrected chi connectivity index (χ1v) is 9.57. The zero-order chi connectivity index (χ0) is 14.8. The van der Waals surface area contributed by atoms with Gasteiger partial charge in [-0.15, -0.1) is 0 Å². The van der Waals surface area contributed by atoms with Crippen molar-refractivity contribution in [1.29, 1.82) is 0 Å². The van der Waals surface area contributed by atoms with Gasteiger partial charge in [0.05, 0.1) is 0 Å². The monoisotopic (exact) mass is 298 g/mol. The summed E-state index contributed by atoms with van der Waals surface area (Å²) in [6, 6.07) is 0. The van der Waals surface area contributed by atoms with Gasteiger partial charge in [0.1, 0.15) is 0 Å². The lowest BCUT2D eigenvalue weighted by molar-refractivity contribution is -0.134. The minimum atomic E-state index is 0.0159. The fraction of sp³-hybridized carbons (Fsp3) is 0.941. The lowest BCUT2D eigenvalue weighted by Crippen LogP contribution is -2.32. The van der Waals surface area contributed by atoms with E-state index in [1.165, 1.54) is 64.2 Å². The molecular weight excluding hydrogens is 264 g/mol. The Bertz CT molecular complexity index is 266. The second-order valence-electron chi connectivity index (χ2n) is 6.63. The van der Waals surface area contributed by atoms with Crippen LogP contribution in [0, 0.1) is 11.3 Å². The zero-order valence-electron chi connectivity index (χ0n) is 13.9. The van der Waals surface area contributed by atoms with Crippen LogP contribution in [0.15, 0.2) is 0 Å². The Morgan fingerprint density at radius 3 is 2.20 bits per heavy atom. The summed E-state index contributed by atoms with van der Waals surface area (Å²) in [6.07, 6.45) is 15.3.